The van der Waals surface area contributed by atoms with E-state index in [4.69, 9.17) is 9.47 Å². The fourth-order valence-corrected chi connectivity index (χ4v) is 5.05. The minimum Gasteiger partial charge on any atom is -0.462 e. The molecule has 0 aliphatic heterocycles. The van der Waals surface area contributed by atoms with E-state index in [0.717, 1.165) is 57.8 Å². The van der Waals surface area contributed by atoms with Crippen LogP contribution >= 0.6 is 0 Å². The summed E-state index contributed by atoms with van der Waals surface area (Å²) in [6, 6.07) is 0. The van der Waals surface area contributed by atoms with Gasteiger partial charge >= 0.3 is 11.9 Å². The molecule has 0 radical (unpaired) electrons. The predicted molar refractivity (Wildman–Crippen MR) is 187 cm³/mol. The molecule has 256 valence electrons. The molecular weight excluding hydrogens is 548 g/mol. The monoisotopic (exact) mass is 619 g/mol. The molecule has 0 rings (SSSR count). The van der Waals surface area contributed by atoms with Crippen LogP contribution in [0.25, 0.3) is 0 Å². The third kappa shape index (κ3) is 33.0. The maximum absolute atomic E-state index is 12.1. The van der Waals surface area contributed by atoms with Crippen molar-refractivity contribution in [1.29, 1.82) is 0 Å². The average molecular weight is 619 g/mol. The second-order valence-corrected chi connectivity index (χ2v) is 12.3. The normalized spacial score (nSPS) is 12.5. The molecule has 0 aliphatic rings. The molecule has 0 fully saturated rings. The van der Waals surface area contributed by atoms with Crippen LogP contribution in [0.4, 0.5) is 0 Å². The molecular formula is C39H70O5. The third-order valence-electron chi connectivity index (χ3n) is 7.91. The summed E-state index contributed by atoms with van der Waals surface area (Å²) in [4.78, 5) is 24.2. The first kappa shape index (κ1) is 42.1. The Balaban J connectivity index is 3.59. The highest BCUT2D eigenvalue weighted by Gasteiger charge is 2.16. The summed E-state index contributed by atoms with van der Waals surface area (Å²) >= 11 is 0. The Kier molecular flexibility index (Phi) is 34.1. The summed E-state index contributed by atoms with van der Waals surface area (Å²) < 4.78 is 10.6. The first-order chi connectivity index (χ1) is 21.6. The number of unbranched alkanes of at least 4 members (excludes halogenated alkanes) is 19. The van der Waals surface area contributed by atoms with Gasteiger partial charge in [0.25, 0.3) is 0 Å². The highest BCUT2D eigenvalue weighted by molar-refractivity contribution is 5.70. The molecule has 0 aromatic rings. The molecule has 0 spiro atoms. The molecule has 0 aromatic carbocycles. The number of hydrogen-bond acceptors (Lipinski definition) is 5. The minimum atomic E-state index is -0.776. The number of hydrogen-bond donors (Lipinski definition) is 1. The number of esters is 2. The van der Waals surface area contributed by atoms with Crippen LogP contribution in [-0.2, 0) is 19.1 Å². The second-order valence-electron chi connectivity index (χ2n) is 12.3. The van der Waals surface area contributed by atoms with E-state index < -0.39 is 6.10 Å². The maximum Gasteiger partial charge on any atom is 0.306 e. The van der Waals surface area contributed by atoms with E-state index in [-0.39, 0.29) is 25.2 Å². The number of carbonyl (C=O) groups is 2. The molecule has 0 heterocycles. The van der Waals surface area contributed by atoms with Gasteiger partial charge in [-0.1, -0.05) is 134 Å². The van der Waals surface area contributed by atoms with E-state index in [1.807, 2.05) is 0 Å². The fraction of sp³-hybridized carbons (Fsp3) is 0.795. The zero-order valence-corrected chi connectivity index (χ0v) is 28.9. The van der Waals surface area contributed by atoms with Crippen molar-refractivity contribution in [3.05, 3.63) is 36.5 Å². The molecule has 0 saturated heterocycles. The Morgan fingerprint density at radius 2 is 0.909 bits per heavy atom. The van der Waals surface area contributed by atoms with E-state index in [1.54, 1.807) is 0 Å². The van der Waals surface area contributed by atoms with Crippen molar-refractivity contribution in [1.82, 2.24) is 0 Å². The van der Waals surface area contributed by atoms with Crippen LogP contribution in [-0.4, -0.2) is 36.4 Å². The van der Waals surface area contributed by atoms with Crippen LogP contribution < -0.4 is 0 Å². The first-order valence-corrected chi connectivity index (χ1v) is 18.5. The smallest absolute Gasteiger partial charge is 0.306 e. The molecule has 1 N–H and O–H groups in total. The van der Waals surface area contributed by atoms with Crippen LogP contribution in [0.3, 0.4) is 0 Å². The molecule has 0 amide bonds. The SMILES string of the molecule is CCCCC/C=C\C/C=C\CCCCCCCCCC(=O)O[C@@H](CO)COC(=O)CCCCCCC/C=C\CCCCCC. The standard InChI is InChI=1S/C39H70O5/c1-3-5-7-9-11-13-15-17-18-19-20-22-24-26-28-30-32-34-39(42)44-37(35-40)36-43-38(41)33-31-29-27-25-23-21-16-14-12-10-8-6-4-2/h11,13-14,16-18,37,40H,3-10,12,15,19-36H2,1-2H3/b13-11-,16-14-,18-17-/t37-/m0/s1. The molecule has 1 atom stereocenters. The highest BCUT2D eigenvalue weighted by Crippen LogP contribution is 2.12. The molecule has 5 nitrogen and oxygen atoms in total. The number of ether oxygens (including phenoxy) is 2. The minimum absolute atomic E-state index is 0.0726. The first-order valence-electron chi connectivity index (χ1n) is 18.5. The van der Waals surface area contributed by atoms with Gasteiger partial charge in [-0.05, 0) is 70.6 Å². The number of aliphatic hydroxyl groups is 1. The van der Waals surface area contributed by atoms with Crippen molar-refractivity contribution in [3.8, 4) is 0 Å². The quantitative estimate of drug-likeness (QED) is 0.0450. The van der Waals surface area contributed by atoms with Gasteiger partial charge in [-0.15, -0.1) is 0 Å². The van der Waals surface area contributed by atoms with E-state index in [1.165, 1.54) is 96.3 Å². The van der Waals surface area contributed by atoms with Crippen LogP contribution in [0.2, 0.25) is 0 Å². The Bertz CT molecular complexity index is 711. The lowest BCUT2D eigenvalue weighted by molar-refractivity contribution is -0.161. The summed E-state index contributed by atoms with van der Waals surface area (Å²) in [5.41, 5.74) is 0. The molecule has 0 saturated carbocycles. The summed E-state index contributed by atoms with van der Waals surface area (Å²) in [7, 11) is 0. The maximum atomic E-state index is 12.1. The zero-order valence-electron chi connectivity index (χ0n) is 28.9. The Labute approximate surface area is 272 Å². The van der Waals surface area contributed by atoms with Gasteiger partial charge in [-0.25, -0.2) is 0 Å². The number of rotatable bonds is 33. The lowest BCUT2D eigenvalue weighted by atomic mass is 10.1. The molecule has 0 bridgehead atoms. The fourth-order valence-electron chi connectivity index (χ4n) is 5.05. The van der Waals surface area contributed by atoms with Crippen LogP contribution in [0.15, 0.2) is 36.5 Å². The molecule has 5 heteroatoms. The molecule has 0 aromatic heterocycles. The lowest BCUT2D eigenvalue weighted by Gasteiger charge is -2.15. The van der Waals surface area contributed by atoms with Gasteiger partial charge in [-0.2, -0.15) is 0 Å². The van der Waals surface area contributed by atoms with Gasteiger partial charge in [0.15, 0.2) is 6.10 Å². The third-order valence-corrected chi connectivity index (χ3v) is 7.91. The summed E-state index contributed by atoms with van der Waals surface area (Å²) in [5, 5.41) is 9.53. The van der Waals surface area contributed by atoms with Crippen LogP contribution in [0.5, 0.6) is 0 Å². The molecule has 44 heavy (non-hydrogen) atoms. The Morgan fingerprint density at radius 1 is 0.523 bits per heavy atom. The van der Waals surface area contributed by atoms with Gasteiger partial charge in [0.2, 0.25) is 0 Å². The number of allylic oxidation sites excluding steroid dienone is 6. The summed E-state index contributed by atoms with van der Waals surface area (Å²) in [6.07, 6.45) is 41.9. The van der Waals surface area contributed by atoms with E-state index in [9.17, 15) is 14.7 Å². The van der Waals surface area contributed by atoms with Crippen molar-refractivity contribution in [2.45, 2.75) is 187 Å². The van der Waals surface area contributed by atoms with E-state index in [2.05, 4.69) is 50.3 Å². The Hall–Kier alpha value is -1.88. The second kappa shape index (κ2) is 35.6. The van der Waals surface area contributed by atoms with Crippen molar-refractivity contribution in [3.63, 3.8) is 0 Å². The predicted octanol–water partition coefficient (Wildman–Crippen LogP) is 11.3. The van der Waals surface area contributed by atoms with Crippen molar-refractivity contribution in [2.75, 3.05) is 13.2 Å². The van der Waals surface area contributed by atoms with Crippen molar-refractivity contribution >= 4 is 11.9 Å². The average Bonchev–Trinajstić information content (AvgIpc) is 3.02. The topological polar surface area (TPSA) is 72.8 Å². The van der Waals surface area contributed by atoms with Crippen molar-refractivity contribution < 1.29 is 24.2 Å². The highest BCUT2D eigenvalue weighted by atomic mass is 16.6. The van der Waals surface area contributed by atoms with Gasteiger partial charge in [0, 0.05) is 12.8 Å². The van der Waals surface area contributed by atoms with E-state index in [0.29, 0.717) is 12.8 Å². The van der Waals surface area contributed by atoms with Crippen LogP contribution in [0, 0.1) is 0 Å². The van der Waals surface area contributed by atoms with Gasteiger partial charge in [0.1, 0.15) is 6.61 Å². The number of aliphatic hydroxyl groups excluding tert-OH is 1. The van der Waals surface area contributed by atoms with E-state index >= 15 is 0 Å². The van der Waals surface area contributed by atoms with Gasteiger partial charge in [-0.3, -0.25) is 9.59 Å². The Morgan fingerprint density at radius 3 is 1.41 bits per heavy atom. The van der Waals surface area contributed by atoms with Gasteiger partial charge in [0.05, 0.1) is 6.61 Å². The summed E-state index contributed by atoms with van der Waals surface area (Å²) in [6.45, 7) is 4.07. The molecule has 0 unspecified atom stereocenters. The molecule has 0 aliphatic carbocycles. The number of carbonyl (C=O) groups excluding carboxylic acids is 2. The van der Waals surface area contributed by atoms with Gasteiger partial charge < -0.3 is 14.6 Å². The van der Waals surface area contributed by atoms with Crippen molar-refractivity contribution in [2.24, 2.45) is 0 Å². The zero-order chi connectivity index (χ0) is 32.2. The largest absolute Gasteiger partial charge is 0.462 e. The van der Waals surface area contributed by atoms with Crippen LogP contribution in [0.1, 0.15) is 181 Å². The lowest BCUT2D eigenvalue weighted by Crippen LogP contribution is -2.28. The summed E-state index contributed by atoms with van der Waals surface area (Å²) in [5.74, 6) is -0.610.